The first-order valence-electron chi connectivity index (χ1n) is 10.6. The number of rotatable bonds is 6. The van der Waals surface area contributed by atoms with Crippen LogP contribution in [0.5, 0.6) is 5.75 Å². The van der Waals surface area contributed by atoms with Gasteiger partial charge in [0, 0.05) is 62.8 Å². The number of methoxy groups -OCH3 is 1. The molecular weight excluding hydrogens is 390 g/mol. The molecule has 160 valence electrons. The molecular formula is C22H32ClN3O3. The maximum Gasteiger partial charge on any atom is 0.227 e. The molecule has 2 aliphatic heterocycles. The summed E-state index contributed by atoms with van der Waals surface area (Å²) in [7, 11) is 1.67. The monoisotopic (exact) mass is 421 g/mol. The van der Waals surface area contributed by atoms with Crippen LogP contribution in [0.4, 0.5) is 0 Å². The van der Waals surface area contributed by atoms with Gasteiger partial charge in [0.15, 0.2) is 0 Å². The van der Waals surface area contributed by atoms with Crippen molar-refractivity contribution in [3.63, 3.8) is 0 Å². The Kier molecular flexibility index (Phi) is 7.78. The molecule has 1 unspecified atom stereocenters. The van der Waals surface area contributed by atoms with Gasteiger partial charge in [-0.3, -0.25) is 14.5 Å². The first-order valence-corrected chi connectivity index (χ1v) is 11.0. The summed E-state index contributed by atoms with van der Waals surface area (Å²) in [6, 6.07) is 5.67. The van der Waals surface area contributed by atoms with Crippen molar-refractivity contribution >= 4 is 23.4 Å². The van der Waals surface area contributed by atoms with Crippen LogP contribution < -0.4 is 4.74 Å². The molecule has 6 nitrogen and oxygen atoms in total. The van der Waals surface area contributed by atoms with Crippen LogP contribution in [0.15, 0.2) is 18.2 Å². The van der Waals surface area contributed by atoms with Gasteiger partial charge in [-0.05, 0) is 37.5 Å². The molecule has 0 bridgehead atoms. The molecule has 2 fully saturated rings. The van der Waals surface area contributed by atoms with Crippen LogP contribution in [-0.2, 0) is 16.1 Å². The van der Waals surface area contributed by atoms with Crippen molar-refractivity contribution in [1.29, 1.82) is 0 Å². The number of piperidine rings is 1. The van der Waals surface area contributed by atoms with Gasteiger partial charge < -0.3 is 14.5 Å². The van der Waals surface area contributed by atoms with E-state index in [2.05, 4.69) is 4.90 Å². The number of piperazine rings is 1. The second-order valence-corrected chi connectivity index (χ2v) is 8.42. The number of hydrogen-bond acceptors (Lipinski definition) is 4. The predicted molar refractivity (Wildman–Crippen MR) is 114 cm³/mol. The Balaban J connectivity index is 1.52. The van der Waals surface area contributed by atoms with Gasteiger partial charge in [-0.25, -0.2) is 0 Å². The van der Waals surface area contributed by atoms with Gasteiger partial charge in [0.05, 0.1) is 13.0 Å². The lowest BCUT2D eigenvalue weighted by molar-refractivity contribution is -0.142. The fourth-order valence-electron chi connectivity index (χ4n) is 4.27. The first kappa shape index (κ1) is 21.9. The zero-order valence-electron chi connectivity index (χ0n) is 17.5. The van der Waals surface area contributed by atoms with Crippen LogP contribution >= 0.6 is 11.6 Å². The van der Waals surface area contributed by atoms with E-state index < -0.39 is 0 Å². The Morgan fingerprint density at radius 2 is 1.90 bits per heavy atom. The summed E-state index contributed by atoms with van der Waals surface area (Å²) in [5.41, 5.74) is 1.07. The third-order valence-electron chi connectivity index (χ3n) is 5.91. The number of likely N-dealkylation sites (tertiary alicyclic amines) is 1. The quantitative estimate of drug-likeness (QED) is 0.708. The zero-order valence-corrected chi connectivity index (χ0v) is 18.3. The number of ether oxygens (including phenoxy) is 1. The molecule has 7 heteroatoms. The maximum absolute atomic E-state index is 13.0. The van der Waals surface area contributed by atoms with Crippen LogP contribution in [0, 0.1) is 5.92 Å². The summed E-state index contributed by atoms with van der Waals surface area (Å²) in [6.45, 7) is 7.24. The lowest BCUT2D eigenvalue weighted by atomic mass is 9.95. The first-order chi connectivity index (χ1) is 14.0. The number of halogens is 1. The average Bonchev–Trinajstić information content (AvgIpc) is 2.74. The summed E-state index contributed by atoms with van der Waals surface area (Å²) in [5, 5.41) is 0.703. The molecule has 1 aromatic carbocycles. The fourth-order valence-corrected chi connectivity index (χ4v) is 4.47. The van der Waals surface area contributed by atoms with E-state index in [-0.39, 0.29) is 17.7 Å². The predicted octanol–water partition coefficient (Wildman–Crippen LogP) is 3.03. The number of carbonyl (C=O) groups excluding carboxylic acids is 2. The molecule has 2 amide bonds. The molecule has 2 heterocycles. The van der Waals surface area contributed by atoms with Crippen molar-refractivity contribution in [2.45, 2.75) is 39.2 Å². The topological polar surface area (TPSA) is 53.1 Å². The Bertz CT molecular complexity index is 719. The summed E-state index contributed by atoms with van der Waals surface area (Å²) in [4.78, 5) is 31.4. The van der Waals surface area contributed by atoms with E-state index in [0.29, 0.717) is 18.0 Å². The van der Waals surface area contributed by atoms with Crippen LogP contribution in [-0.4, -0.2) is 72.9 Å². The second-order valence-electron chi connectivity index (χ2n) is 7.99. The van der Waals surface area contributed by atoms with E-state index in [9.17, 15) is 9.59 Å². The molecule has 2 saturated heterocycles. The van der Waals surface area contributed by atoms with Crippen molar-refractivity contribution in [1.82, 2.24) is 14.7 Å². The number of nitrogens with zero attached hydrogens (tertiary/aromatic N) is 3. The summed E-state index contributed by atoms with van der Waals surface area (Å²) < 4.78 is 5.45. The maximum atomic E-state index is 13.0. The minimum absolute atomic E-state index is 0.0517. The molecule has 2 aliphatic rings. The van der Waals surface area contributed by atoms with E-state index >= 15 is 0 Å². The van der Waals surface area contributed by atoms with E-state index in [1.54, 1.807) is 7.11 Å². The Morgan fingerprint density at radius 1 is 1.14 bits per heavy atom. The van der Waals surface area contributed by atoms with E-state index in [4.69, 9.17) is 16.3 Å². The van der Waals surface area contributed by atoms with Gasteiger partial charge in [0.1, 0.15) is 5.75 Å². The molecule has 0 N–H and O–H groups in total. The normalized spacial score (nSPS) is 20.6. The van der Waals surface area contributed by atoms with Crippen molar-refractivity contribution in [2.75, 3.05) is 46.4 Å². The highest BCUT2D eigenvalue weighted by Gasteiger charge is 2.32. The standard InChI is InChI=1S/C22H32ClN3O3/c1-3-5-21(27)26-9-4-6-17(16-26)22(28)25-12-10-24(11-13-25)15-18-14-19(23)7-8-20(18)29-2/h7-8,14,17H,3-6,9-13,15-16H2,1-2H3. The molecule has 29 heavy (non-hydrogen) atoms. The smallest absolute Gasteiger partial charge is 0.227 e. The number of amides is 2. The van der Waals surface area contributed by atoms with Crippen LogP contribution in [0.25, 0.3) is 0 Å². The molecule has 1 atom stereocenters. The summed E-state index contributed by atoms with van der Waals surface area (Å²) in [5.74, 6) is 1.18. The van der Waals surface area contributed by atoms with Crippen molar-refractivity contribution in [2.24, 2.45) is 5.92 Å². The zero-order chi connectivity index (χ0) is 20.8. The number of hydrogen-bond donors (Lipinski definition) is 0. The van der Waals surface area contributed by atoms with Crippen molar-refractivity contribution in [3.05, 3.63) is 28.8 Å². The Labute approximate surface area is 178 Å². The minimum Gasteiger partial charge on any atom is -0.496 e. The van der Waals surface area contributed by atoms with Gasteiger partial charge in [0.25, 0.3) is 0 Å². The number of carbonyl (C=O) groups is 2. The lowest BCUT2D eigenvalue weighted by Crippen LogP contribution is -2.52. The highest BCUT2D eigenvalue weighted by atomic mass is 35.5. The van der Waals surface area contributed by atoms with Crippen LogP contribution in [0.2, 0.25) is 5.02 Å². The lowest BCUT2D eigenvalue weighted by Gasteiger charge is -2.39. The highest BCUT2D eigenvalue weighted by Crippen LogP contribution is 2.25. The van der Waals surface area contributed by atoms with Gasteiger partial charge in [-0.1, -0.05) is 18.5 Å². The molecule has 0 saturated carbocycles. The van der Waals surface area contributed by atoms with Gasteiger partial charge in [-0.15, -0.1) is 0 Å². The summed E-state index contributed by atoms with van der Waals surface area (Å²) >= 11 is 6.14. The molecule has 0 spiro atoms. The Morgan fingerprint density at radius 3 is 2.59 bits per heavy atom. The molecule has 3 rings (SSSR count). The van der Waals surface area contributed by atoms with Crippen LogP contribution in [0.1, 0.15) is 38.2 Å². The molecule has 1 aromatic rings. The fraction of sp³-hybridized carbons (Fsp3) is 0.636. The third-order valence-corrected chi connectivity index (χ3v) is 6.14. The minimum atomic E-state index is -0.0517. The van der Waals surface area contributed by atoms with Gasteiger partial charge in [-0.2, -0.15) is 0 Å². The van der Waals surface area contributed by atoms with Crippen LogP contribution in [0.3, 0.4) is 0 Å². The third kappa shape index (κ3) is 5.64. The van der Waals surface area contributed by atoms with Gasteiger partial charge >= 0.3 is 0 Å². The molecule has 0 aromatic heterocycles. The largest absolute Gasteiger partial charge is 0.496 e. The van der Waals surface area contributed by atoms with Crippen molar-refractivity contribution in [3.8, 4) is 5.75 Å². The molecule has 0 radical (unpaired) electrons. The van der Waals surface area contributed by atoms with Crippen molar-refractivity contribution < 1.29 is 14.3 Å². The molecule has 0 aliphatic carbocycles. The van der Waals surface area contributed by atoms with Gasteiger partial charge in [0.2, 0.25) is 11.8 Å². The van der Waals surface area contributed by atoms with E-state index in [1.165, 1.54) is 0 Å². The second kappa shape index (κ2) is 10.3. The summed E-state index contributed by atoms with van der Waals surface area (Å²) in [6.07, 6.45) is 3.23. The van der Waals surface area contributed by atoms with E-state index in [0.717, 1.165) is 69.8 Å². The number of benzene rings is 1. The Hall–Kier alpha value is -1.79. The SMILES string of the molecule is CCCC(=O)N1CCCC(C(=O)N2CCN(Cc3cc(Cl)ccc3OC)CC2)C1. The highest BCUT2D eigenvalue weighted by molar-refractivity contribution is 6.30. The average molecular weight is 422 g/mol. The van der Waals surface area contributed by atoms with E-state index in [1.807, 2.05) is 34.9 Å².